The summed E-state index contributed by atoms with van der Waals surface area (Å²) in [6.07, 6.45) is 1.38. The second-order valence-corrected chi connectivity index (χ2v) is 6.00. The van der Waals surface area contributed by atoms with Crippen LogP contribution >= 0.6 is 0 Å². The minimum Gasteiger partial charge on any atom is -0.230 e. The van der Waals surface area contributed by atoms with Crippen LogP contribution in [0.1, 0.15) is 68.2 Å². The van der Waals surface area contributed by atoms with Crippen LogP contribution in [0.4, 0.5) is 0 Å². The van der Waals surface area contributed by atoms with Crippen molar-refractivity contribution in [2.24, 2.45) is 0 Å². The van der Waals surface area contributed by atoms with E-state index in [4.69, 9.17) is 19.6 Å². The summed E-state index contributed by atoms with van der Waals surface area (Å²) < 4.78 is 0. The highest BCUT2D eigenvalue weighted by atomic mass is 17.2. The smallest absolute Gasteiger partial charge is 0.119 e. The van der Waals surface area contributed by atoms with Gasteiger partial charge in [0.2, 0.25) is 0 Å². The van der Waals surface area contributed by atoms with Gasteiger partial charge in [0.15, 0.2) is 0 Å². The molecule has 0 spiro atoms. The first-order chi connectivity index (χ1) is 8.13. The van der Waals surface area contributed by atoms with Crippen LogP contribution in [0.15, 0.2) is 0 Å². The first kappa shape index (κ1) is 17.8. The predicted octanol–water partition coefficient (Wildman–Crippen LogP) is 4.04. The Morgan fingerprint density at radius 2 is 1.00 bits per heavy atom. The molecule has 0 aliphatic carbocycles. The Morgan fingerprint density at radius 1 is 0.722 bits per heavy atom. The Morgan fingerprint density at radius 3 is 1.22 bits per heavy atom. The van der Waals surface area contributed by atoms with Gasteiger partial charge in [0.25, 0.3) is 0 Å². The minimum absolute atomic E-state index is 0.191. The Bertz CT molecular complexity index is 202. The van der Waals surface area contributed by atoms with E-state index in [9.17, 15) is 0 Å². The molecule has 0 saturated heterocycles. The molecule has 0 rings (SSSR count). The molecule has 0 fully saturated rings. The van der Waals surface area contributed by atoms with Crippen molar-refractivity contribution < 1.29 is 19.6 Å². The monoisotopic (exact) mass is 262 g/mol. The van der Waals surface area contributed by atoms with E-state index in [1.165, 1.54) is 0 Å². The van der Waals surface area contributed by atoms with Crippen molar-refractivity contribution in [3.63, 3.8) is 0 Å². The first-order valence-corrected chi connectivity index (χ1v) is 6.82. The van der Waals surface area contributed by atoms with E-state index in [2.05, 4.69) is 13.8 Å². The Labute approximate surface area is 112 Å². The van der Waals surface area contributed by atoms with Crippen LogP contribution in [0.3, 0.4) is 0 Å². The maximum Gasteiger partial charge on any atom is 0.119 e. The Balaban J connectivity index is 4.00. The van der Waals surface area contributed by atoms with Crippen LogP contribution < -0.4 is 0 Å². The number of hydrogen-bond donors (Lipinski definition) is 0. The topological polar surface area (TPSA) is 36.9 Å². The van der Waals surface area contributed by atoms with Crippen LogP contribution in [0.25, 0.3) is 0 Å². The summed E-state index contributed by atoms with van der Waals surface area (Å²) >= 11 is 0. The standard InChI is InChI=1S/C14H30O4/c1-9-13(5,6)17-15-11(3)12(4)16-18-14(7,8)10-2/h11-12H,9-10H2,1-8H3. The second kappa shape index (κ2) is 7.43. The Hall–Kier alpha value is -0.160. The second-order valence-electron chi connectivity index (χ2n) is 6.00. The molecule has 0 aromatic rings. The van der Waals surface area contributed by atoms with E-state index in [1.54, 1.807) is 0 Å². The van der Waals surface area contributed by atoms with E-state index in [1.807, 2.05) is 41.5 Å². The van der Waals surface area contributed by atoms with E-state index >= 15 is 0 Å². The highest BCUT2D eigenvalue weighted by Gasteiger charge is 2.24. The number of hydrogen-bond acceptors (Lipinski definition) is 4. The van der Waals surface area contributed by atoms with Crippen LogP contribution in [0, 0.1) is 0 Å². The third-order valence-corrected chi connectivity index (χ3v) is 3.21. The molecule has 0 bridgehead atoms. The minimum atomic E-state index is -0.280. The molecule has 0 radical (unpaired) electrons. The lowest BCUT2D eigenvalue weighted by Crippen LogP contribution is -2.34. The van der Waals surface area contributed by atoms with Crippen LogP contribution in [0.5, 0.6) is 0 Å². The highest BCUT2D eigenvalue weighted by Crippen LogP contribution is 2.19. The maximum absolute atomic E-state index is 5.38. The van der Waals surface area contributed by atoms with Gasteiger partial charge in [0.1, 0.15) is 12.2 Å². The van der Waals surface area contributed by atoms with Gasteiger partial charge in [0.05, 0.1) is 11.2 Å². The van der Waals surface area contributed by atoms with E-state index in [0.717, 1.165) is 12.8 Å². The van der Waals surface area contributed by atoms with Crippen LogP contribution in [-0.2, 0) is 19.6 Å². The third kappa shape index (κ3) is 7.31. The molecule has 4 nitrogen and oxygen atoms in total. The first-order valence-electron chi connectivity index (χ1n) is 6.82. The molecule has 0 aromatic heterocycles. The van der Waals surface area contributed by atoms with Gasteiger partial charge in [-0.3, -0.25) is 0 Å². The van der Waals surface area contributed by atoms with Gasteiger partial charge in [-0.2, -0.15) is 0 Å². The van der Waals surface area contributed by atoms with E-state index in [-0.39, 0.29) is 23.4 Å². The summed E-state index contributed by atoms with van der Waals surface area (Å²) in [6, 6.07) is 0. The molecule has 0 aliphatic heterocycles. The lowest BCUT2D eigenvalue weighted by Gasteiger charge is -2.28. The fraction of sp³-hybridized carbons (Fsp3) is 1.00. The van der Waals surface area contributed by atoms with Crippen molar-refractivity contribution in [3.05, 3.63) is 0 Å². The van der Waals surface area contributed by atoms with E-state index < -0.39 is 0 Å². The molecule has 4 heteroatoms. The molecule has 0 N–H and O–H groups in total. The average molecular weight is 262 g/mol. The maximum atomic E-state index is 5.38. The average Bonchev–Trinajstić information content (AvgIpc) is 2.33. The van der Waals surface area contributed by atoms with Gasteiger partial charge in [-0.05, 0) is 54.4 Å². The van der Waals surface area contributed by atoms with Crippen molar-refractivity contribution in [3.8, 4) is 0 Å². The summed E-state index contributed by atoms with van der Waals surface area (Å²) in [5.74, 6) is 0. The molecular weight excluding hydrogens is 232 g/mol. The summed E-state index contributed by atoms with van der Waals surface area (Å²) in [7, 11) is 0. The molecule has 0 aromatic carbocycles. The molecule has 2 unspecified atom stereocenters. The summed E-state index contributed by atoms with van der Waals surface area (Å²) in [5.41, 5.74) is -0.560. The molecule has 0 amide bonds. The van der Waals surface area contributed by atoms with Gasteiger partial charge >= 0.3 is 0 Å². The van der Waals surface area contributed by atoms with Gasteiger partial charge in [-0.15, -0.1) is 0 Å². The highest BCUT2D eigenvalue weighted by molar-refractivity contribution is 4.65. The zero-order chi connectivity index (χ0) is 14.4. The van der Waals surface area contributed by atoms with Crippen LogP contribution in [0.2, 0.25) is 0 Å². The van der Waals surface area contributed by atoms with Crippen LogP contribution in [-0.4, -0.2) is 23.4 Å². The summed E-state index contributed by atoms with van der Waals surface area (Å²) in [4.78, 5) is 21.5. The molecular formula is C14H30O4. The zero-order valence-electron chi connectivity index (χ0n) is 13.2. The Kier molecular flexibility index (Phi) is 7.37. The van der Waals surface area contributed by atoms with Gasteiger partial charge in [-0.25, -0.2) is 19.6 Å². The molecule has 0 aliphatic rings. The summed E-state index contributed by atoms with van der Waals surface area (Å²) in [5, 5.41) is 0. The lowest BCUT2D eigenvalue weighted by atomic mass is 10.1. The summed E-state index contributed by atoms with van der Waals surface area (Å²) in [6.45, 7) is 15.9. The molecule has 18 heavy (non-hydrogen) atoms. The fourth-order valence-corrected chi connectivity index (χ4v) is 0.687. The number of rotatable bonds is 9. The van der Waals surface area contributed by atoms with E-state index in [0.29, 0.717) is 0 Å². The quantitative estimate of drug-likeness (QED) is 0.464. The molecule has 0 heterocycles. The SMILES string of the molecule is CCC(C)(C)OOC(C)C(C)OOC(C)(C)CC. The fourth-order valence-electron chi connectivity index (χ4n) is 0.687. The third-order valence-electron chi connectivity index (χ3n) is 3.21. The molecule has 0 saturated carbocycles. The predicted molar refractivity (Wildman–Crippen MR) is 72.0 cm³/mol. The van der Waals surface area contributed by atoms with Crippen molar-refractivity contribution in [1.82, 2.24) is 0 Å². The van der Waals surface area contributed by atoms with Gasteiger partial charge in [-0.1, -0.05) is 13.8 Å². The molecule has 110 valence electrons. The van der Waals surface area contributed by atoms with Crippen molar-refractivity contribution >= 4 is 0 Å². The normalized spacial score (nSPS) is 16.7. The largest absolute Gasteiger partial charge is 0.230 e. The molecule has 2 atom stereocenters. The van der Waals surface area contributed by atoms with Gasteiger partial charge < -0.3 is 0 Å². The zero-order valence-corrected chi connectivity index (χ0v) is 13.2. The van der Waals surface area contributed by atoms with Crippen molar-refractivity contribution in [2.75, 3.05) is 0 Å². The van der Waals surface area contributed by atoms with Gasteiger partial charge in [0, 0.05) is 0 Å². The lowest BCUT2D eigenvalue weighted by molar-refractivity contribution is -0.428. The van der Waals surface area contributed by atoms with Crippen molar-refractivity contribution in [1.29, 1.82) is 0 Å². The van der Waals surface area contributed by atoms with Crippen molar-refractivity contribution in [2.45, 2.75) is 91.6 Å².